The van der Waals surface area contributed by atoms with Crippen LogP contribution in [0, 0.1) is 17.1 Å². The summed E-state index contributed by atoms with van der Waals surface area (Å²) in [5.41, 5.74) is 0.748. The molecule has 0 heterocycles. The van der Waals surface area contributed by atoms with Gasteiger partial charge in [-0.15, -0.1) is 0 Å². The van der Waals surface area contributed by atoms with E-state index in [1.165, 1.54) is 12.1 Å². The van der Waals surface area contributed by atoms with E-state index in [1.807, 2.05) is 0 Å². The van der Waals surface area contributed by atoms with Crippen molar-refractivity contribution < 1.29 is 12.8 Å². The molecule has 0 fully saturated rings. The molecule has 0 unspecified atom stereocenters. The van der Waals surface area contributed by atoms with E-state index in [1.54, 1.807) is 19.1 Å². The number of hydrogen-bond acceptors (Lipinski definition) is 4. The van der Waals surface area contributed by atoms with Crippen LogP contribution in [-0.4, -0.2) is 26.5 Å². The maximum Gasteiger partial charge on any atom is 0.151 e. The first-order valence-electron chi connectivity index (χ1n) is 5.58. The highest BCUT2D eigenvalue weighted by Gasteiger charge is 2.06. The summed E-state index contributed by atoms with van der Waals surface area (Å²) in [5, 5.41) is 11.6. The molecular formula is C12H15FN2O2S. The van der Waals surface area contributed by atoms with Gasteiger partial charge in [0.1, 0.15) is 11.9 Å². The predicted octanol–water partition coefficient (Wildman–Crippen LogP) is 1.22. The quantitative estimate of drug-likeness (QED) is 0.789. The number of rotatable bonds is 6. The molecule has 0 aromatic heterocycles. The van der Waals surface area contributed by atoms with E-state index in [-0.39, 0.29) is 17.1 Å². The number of nitriles is 1. The standard InChI is InChI=1S/C12H15FN2O2S/c1-2-18(16,17)6-5-15-9-10-3-4-12(13)11(7-10)8-14/h3-4,7,15H,2,5-6,9H2,1H3. The van der Waals surface area contributed by atoms with Gasteiger partial charge in [-0.2, -0.15) is 5.26 Å². The molecule has 1 N–H and O–H groups in total. The number of benzene rings is 1. The molecule has 1 aromatic rings. The summed E-state index contributed by atoms with van der Waals surface area (Å²) in [6.45, 7) is 2.36. The lowest BCUT2D eigenvalue weighted by atomic mass is 10.1. The van der Waals surface area contributed by atoms with Gasteiger partial charge in [-0.05, 0) is 17.7 Å². The molecule has 1 rings (SSSR count). The second-order valence-corrected chi connectivity index (χ2v) is 6.31. The zero-order valence-corrected chi connectivity index (χ0v) is 10.9. The molecule has 4 nitrogen and oxygen atoms in total. The Balaban J connectivity index is 2.48. The van der Waals surface area contributed by atoms with Crippen LogP contribution in [-0.2, 0) is 16.4 Å². The first kappa shape index (κ1) is 14.6. The van der Waals surface area contributed by atoms with Gasteiger partial charge >= 0.3 is 0 Å². The molecule has 0 spiro atoms. The Morgan fingerprint density at radius 3 is 2.78 bits per heavy atom. The highest BCUT2D eigenvalue weighted by atomic mass is 32.2. The molecule has 0 amide bonds. The summed E-state index contributed by atoms with van der Waals surface area (Å²) < 4.78 is 35.5. The summed E-state index contributed by atoms with van der Waals surface area (Å²) in [6.07, 6.45) is 0. The van der Waals surface area contributed by atoms with Crippen molar-refractivity contribution >= 4 is 9.84 Å². The van der Waals surface area contributed by atoms with Crippen LogP contribution in [0.15, 0.2) is 18.2 Å². The van der Waals surface area contributed by atoms with Crippen LogP contribution in [0.4, 0.5) is 4.39 Å². The summed E-state index contributed by atoms with van der Waals surface area (Å²) in [7, 11) is -2.97. The minimum atomic E-state index is -2.97. The minimum Gasteiger partial charge on any atom is -0.312 e. The lowest BCUT2D eigenvalue weighted by Crippen LogP contribution is -2.23. The third kappa shape index (κ3) is 4.43. The molecule has 0 atom stereocenters. The van der Waals surface area contributed by atoms with E-state index in [4.69, 9.17) is 5.26 Å². The van der Waals surface area contributed by atoms with Crippen LogP contribution < -0.4 is 5.32 Å². The molecular weight excluding hydrogens is 255 g/mol. The lowest BCUT2D eigenvalue weighted by molar-refractivity contribution is 0.591. The Morgan fingerprint density at radius 1 is 1.44 bits per heavy atom. The summed E-state index contributed by atoms with van der Waals surface area (Å²) in [6, 6.07) is 6.02. The Kier molecular flexibility index (Phi) is 5.25. The van der Waals surface area contributed by atoms with Crippen molar-refractivity contribution in [2.75, 3.05) is 18.1 Å². The fourth-order valence-electron chi connectivity index (χ4n) is 1.37. The van der Waals surface area contributed by atoms with Gasteiger partial charge in [0.25, 0.3) is 0 Å². The zero-order valence-electron chi connectivity index (χ0n) is 10.1. The van der Waals surface area contributed by atoms with Crippen LogP contribution in [0.25, 0.3) is 0 Å². The second-order valence-electron chi connectivity index (χ2n) is 3.84. The van der Waals surface area contributed by atoms with Gasteiger partial charge in [-0.1, -0.05) is 13.0 Å². The molecule has 0 saturated heterocycles. The van der Waals surface area contributed by atoms with Gasteiger partial charge in [-0.25, -0.2) is 12.8 Å². The molecule has 0 bridgehead atoms. The van der Waals surface area contributed by atoms with Crippen molar-refractivity contribution in [3.63, 3.8) is 0 Å². The molecule has 6 heteroatoms. The topological polar surface area (TPSA) is 70.0 Å². The number of sulfone groups is 1. The van der Waals surface area contributed by atoms with Gasteiger partial charge in [0.05, 0.1) is 11.3 Å². The number of hydrogen-bond donors (Lipinski definition) is 1. The molecule has 18 heavy (non-hydrogen) atoms. The van der Waals surface area contributed by atoms with Crippen LogP contribution in [0.1, 0.15) is 18.1 Å². The van der Waals surface area contributed by atoms with E-state index < -0.39 is 15.7 Å². The third-order valence-corrected chi connectivity index (χ3v) is 4.22. The zero-order chi connectivity index (χ0) is 13.6. The van der Waals surface area contributed by atoms with Crippen molar-refractivity contribution in [1.82, 2.24) is 5.32 Å². The Hall–Kier alpha value is -1.45. The van der Waals surface area contributed by atoms with Crippen molar-refractivity contribution in [2.24, 2.45) is 0 Å². The lowest BCUT2D eigenvalue weighted by Gasteiger charge is -2.05. The highest BCUT2D eigenvalue weighted by Crippen LogP contribution is 2.09. The van der Waals surface area contributed by atoms with E-state index in [0.29, 0.717) is 13.1 Å². The van der Waals surface area contributed by atoms with Gasteiger partial charge in [0, 0.05) is 18.8 Å². The van der Waals surface area contributed by atoms with Gasteiger partial charge < -0.3 is 5.32 Å². The third-order valence-electron chi connectivity index (χ3n) is 2.51. The van der Waals surface area contributed by atoms with E-state index >= 15 is 0 Å². The summed E-state index contributed by atoms with van der Waals surface area (Å²) in [4.78, 5) is 0. The minimum absolute atomic E-state index is 0.00419. The average Bonchev–Trinajstić information content (AvgIpc) is 2.36. The molecule has 98 valence electrons. The Morgan fingerprint density at radius 2 is 2.17 bits per heavy atom. The predicted molar refractivity (Wildman–Crippen MR) is 67.1 cm³/mol. The van der Waals surface area contributed by atoms with Gasteiger partial charge in [0.15, 0.2) is 9.84 Å². The average molecular weight is 270 g/mol. The number of nitrogens with one attached hydrogen (secondary N) is 1. The molecule has 0 radical (unpaired) electrons. The van der Waals surface area contributed by atoms with Crippen molar-refractivity contribution in [3.05, 3.63) is 35.1 Å². The molecule has 0 saturated carbocycles. The van der Waals surface area contributed by atoms with Crippen molar-refractivity contribution in [3.8, 4) is 6.07 Å². The van der Waals surface area contributed by atoms with E-state index in [2.05, 4.69) is 5.32 Å². The summed E-state index contributed by atoms with van der Waals surface area (Å²) in [5.74, 6) is -0.339. The first-order valence-corrected chi connectivity index (χ1v) is 7.40. The number of halogens is 1. The first-order chi connectivity index (χ1) is 8.48. The van der Waals surface area contributed by atoms with E-state index in [9.17, 15) is 12.8 Å². The molecule has 0 aliphatic carbocycles. The maximum absolute atomic E-state index is 13.0. The highest BCUT2D eigenvalue weighted by molar-refractivity contribution is 7.91. The molecule has 1 aromatic carbocycles. The Bertz CT molecular complexity index is 550. The van der Waals surface area contributed by atoms with Crippen LogP contribution in [0.5, 0.6) is 0 Å². The van der Waals surface area contributed by atoms with Crippen LogP contribution in [0.3, 0.4) is 0 Å². The normalized spacial score (nSPS) is 11.2. The fraction of sp³-hybridized carbons (Fsp3) is 0.417. The summed E-state index contributed by atoms with van der Waals surface area (Å²) >= 11 is 0. The second kappa shape index (κ2) is 6.47. The monoisotopic (exact) mass is 270 g/mol. The van der Waals surface area contributed by atoms with Crippen molar-refractivity contribution in [2.45, 2.75) is 13.5 Å². The smallest absolute Gasteiger partial charge is 0.151 e. The van der Waals surface area contributed by atoms with Crippen LogP contribution in [0.2, 0.25) is 0 Å². The van der Waals surface area contributed by atoms with Gasteiger partial charge in [0.2, 0.25) is 0 Å². The van der Waals surface area contributed by atoms with Gasteiger partial charge in [-0.3, -0.25) is 0 Å². The van der Waals surface area contributed by atoms with E-state index in [0.717, 1.165) is 5.56 Å². The molecule has 0 aliphatic rings. The number of nitrogens with zero attached hydrogens (tertiary/aromatic N) is 1. The van der Waals surface area contributed by atoms with Crippen molar-refractivity contribution in [1.29, 1.82) is 5.26 Å². The van der Waals surface area contributed by atoms with Crippen LogP contribution >= 0.6 is 0 Å². The molecule has 0 aliphatic heterocycles. The fourth-order valence-corrected chi connectivity index (χ4v) is 2.12. The SMILES string of the molecule is CCS(=O)(=O)CCNCc1ccc(F)c(C#N)c1. The maximum atomic E-state index is 13.0. The largest absolute Gasteiger partial charge is 0.312 e. The Labute approximate surface area is 106 Å².